The van der Waals surface area contributed by atoms with E-state index in [1.54, 1.807) is 10.6 Å². The molecule has 0 saturated heterocycles. The molecule has 3 aromatic rings. The van der Waals surface area contributed by atoms with E-state index in [-0.39, 0.29) is 5.56 Å². The lowest BCUT2D eigenvalue weighted by Gasteiger charge is -2.12. The summed E-state index contributed by atoms with van der Waals surface area (Å²) in [6.07, 6.45) is 0. The fourth-order valence-corrected chi connectivity index (χ4v) is 3.61. The van der Waals surface area contributed by atoms with Gasteiger partial charge in [-0.05, 0) is 39.0 Å². The average Bonchev–Trinajstić information content (AvgIpc) is 2.93. The zero-order valence-corrected chi connectivity index (χ0v) is 14.8. The summed E-state index contributed by atoms with van der Waals surface area (Å²) in [6, 6.07) is 5.55. The number of thiophene rings is 1. The second-order valence-corrected chi connectivity index (χ2v) is 6.83. The molecule has 0 aliphatic carbocycles. The quantitative estimate of drug-likeness (QED) is 0.776. The molecular weight excluding hydrogens is 332 g/mol. The molecule has 5 nitrogen and oxygen atoms in total. The summed E-state index contributed by atoms with van der Waals surface area (Å²) in [5.74, 6) is 0.547. The van der Waals surface area contributed by atoms with Crippen molar-refractivity contribution in [1.82, 2.24) is 14.5 Å². The van der Waals surface area contributed by atoms with Gasteiger partial charge in [0.1, 0.15) is 5.65 Å². The maximum atomic E-state index is 12.8. The zero-order valence-electron chi connectivity index (χ0n) is 13.2. The van der Waals surface area contributed by atoms with Crippen molar-refractivity contribution in [2.75, 3.05) is 11.9 Å². The Hall–Kier alpha value is -1.92. The summed E-state index contributed by atoms with van der Waals surface area (Å²) in [6.45, 7) is 7.13. The SMILES string of the molecule is CCNc1nc(C)c2cc(-c3ccc(Cl)s3)c(=O)n(CC)c2n1. The minimum absolute atomic E-state index is 0.0564. The predicted octanol–water partition coefficient (Wildman–Crippen LogP) is 3.93. The first-order valence-corrected chi connectivity index (χ1v) is 8.66. The van der Waals surface area contributed by atoms with Crippen molar-refractivity contribution in [3.05, 3.63) is 38.6 Å². The summed E-state index contributed by atoms with van der Waals surface area (Å²) in [7, 11) is 0. The number of pyridine rings is 1. The molecule has 0 bridgehead atoms. The maximum Gasteiger partial charge on any atom is 0.260 e. The number of nitrogens with zero attached hydrogens (tertiary/aromatic N) is 3. The van der Waals surface area contributed by atoms with Crippen molar-refractivity contribution < 1.29 is 0 Å². The Labute approximate surface area is 143 Å². The molecule has 0 spiro atoms. The fraction of sp³-hybridized carbons (Fsp3) is 0.312. The van der Waals surface area contributed by atoms with E-state index in [2.05, 4.69) is 15.3 Å². The Morgan fingerprint density at radius 2 is 2.09 bits per heavy atom. The number of nitrogens with one attached hydrogen (secondary N) is 1. The molecule has 3 aromatic heterocycles. The smallest absolute Gasteiger partial charge is 0.260 e. The molecule has 0 aromatic carbocycles. The molecule has 0 aliphatic heterocycles. The summed E-state index contributed by atoms with van der Waals surface area (Å²) >= 11 is 7.42. The number of rotatable bonds is 4. The second-order valence-electron chi connectivity index (χ2n) is 5.11. The van der Waals surface area contributed by atoms with Crippen LogP contribution in [0.4, 0.5) is 5.95 Å². The highest BCUT2D eigenvalue weighted by molar-refractivity contribution is 7.19. The van der Waals surface area contributed by atoms with Gasteiger partial charge in [0.25, 0.3) is 5.56 Å². The van der Waals surface area contributed by atoms with Gasteiger partial charge in [-0.2, -0.15) is 4.98 Å². The van der Waals surface area contributed by atoms with Crippen molar-refractivity contribution in [2.24, 2.45) is 0 Å². The van der Waals surface area contributed by atoms with Gasteiger partial charge < -0.3 is 5.32 Å². The monoisotopic (exact) mass is 348 g/mol. The van der Waals surface area contributed by atoms with Crippen molar-refractivity contribution in [3.63, 3.8) is 0 Å². The lowest BCUT2D eigenvalue weighted by Crippen LogP contribution is -2.22. The number of hydrogen-bond donors (Lipinski definition) is 1. The zero-order chi connectivity index (χ0) is 16.6. The molecule has 0 amide bonds. The number of halogens is 1. The van der Waals surface area contributed by atoms with Crippen LogP contribution in [0.15, 0.2) is 23.0 Å². The number of aromatic nitrogens is 3. The molecule has 0 atom stereocenters. The van der Waals surface area contributed by atoms with Crippen LogP contribution in [0.3, 0.4) is 0 Å². The van der Waals surface area contributed by atoms with Gasteiger partial charge in [-0.3, -0.25) is 9.36 Å². The van der Waals surface area contributed by atoms with Gasteiger partial charge in [-0.25, -0.2) is 4.98 Å². The molecular formula is C16H17ClN4OS. The van der Waals surface area contributed by atoms with Gasteiger partial charge in [0.15, 0.2) is 0 Å². The van der Waals surface area contributed by atoms with E-state index in [1.165, 1.54) is 11.3 Å². The molecule has 120 valence electrons. The van der Waals surface area contributed by atoms with Gasteiger partial charge in [-0.1, -0.05) is 11.6 Å². The van der Waals surface area contributed by atoms with Gasteiger partial charge in [0, 0.05) is 23.4 Å². The van der Waals surface area contributed by atoms with Crippen LogP contribution in [0, 0.1) is 6.92 Å². The third-order valence-corrected chi connectivity index (χ3v) is 4.89. The third kappa shape index (κ3) is 2.84. The van der Waals surface area contributed by atoms with Crippen molar-refractivity contribution in [2.45, 2.75) is 27.3 Å². The highest BCUT2D eigenvalue weighted by atomic mass is 35.5. The summed E-state index contributed by atoms with van der Waals surface area (Å²) < 4.78 is 2.35. The van der Waals surface area contributed by atoms with Crippen LogP contribution in [0.25, 0.3) is 21.5 Å². The van der Waals surface area contributed by atoms with E-state index in [9.17, 15) is 4.79 Å². The Kier molecular flexibility index (Phi) is 4.37. The van der Waals surface area contributed by atoms with Gasteiger partial charge in [0.05, 0.1) is 15.6 Å². The van der Waals surface area contributed by atoms with Crippen molar-refractivity contribution in [1.29, 1.82) is 0 Å². The lowest BCUT2D eigenvalue weighted by atomic mass is 10.1. The second kappa shape index (κ2) is 6.29. The van der Waals surface area contributed by atoms with Crippen LogP contribution in [-0.2, 0) is 6.54 Å². The Morgan fingerprint density at radius 3 is 2.70 bits per heavy atom. The topological polar surface area (TPSA) is 59.8 Å². The first kappa shape index (κ1) is 16.0. The van der Waals surface area contributed by atoms with Crippen LogP contribution in [0.2, 0.25) is 4.34 Å². The number of anilines is 1. The standard InChI is InChI=1S/C16H17ClN4OS/c1-4-18-16-19-9(3)10-8-11(12-6-7-13(17)23-12)15(22)21(5-2)14(10)20-16/h6-8H,4-5H2,1-3H3,(H,18,19,20). The van der Waals surface area contributed by atoms with Crippen LogP contribution >= 0.6 is 22.9 Å². The van der Waals surface area contributed by atoms with Crippen LogP contribution in [0.5, 0.6) is 0 Å². The van der Waals surface area contributed by atoms with Gasteiger partial charge >= 0.3 is 0 Å². The Morgan fingerprint density at radius 1 is 1.30 bits per heavy atom. The van der Waals surface area contributed by atoms with Crippen LogP contribution in [0.1, 0.15) is 19.5 Å². The molecule has 0 radical (unpaired) electrons. The minimum atomic E-state index is -0.0564. The van der Waals surface area contributed by atoms with E-state index < -0.39 is 0 Å². The Balaban J connectivity index is 2.34. The highest BCUT2D eigenvalue weighted by Crippen LogP contribution is 2.31. The first-order valence-electron chi connectivity index (χ1n) is 7.47. The highest BCUT2D eigenvalue weighted by Gasteiger charge is 2.15. The largest absolute Gasteiger partial charge is 0.354 e. The number of aryl methyl sites for hydroxylation is 2. The van der Waals surface area contributed by atoms with E-state index in [1.807, 2.05) is 32.9 Å². The van der Waals surface area contributed by atoms with Crippen LogP contribution in [-0.4, -0.2) is 21.1 Å². The Bertz CT molecular complexity index is 932. The van der Waals surface area contributed by atoms with Gasteiger partial charge in [-0.15, -0.1) is 11.3 Å². The summed E-state index contributed by atoms with van der Waals surface area (Å²) in [4.78, 5) is 22.7. The van der Waals surface area contributed by atoms with Crippen molar-refractivity contribution >= 4 is 39.9 Å². The van der Waals surface area contributed by atoms with E-state index in [0.29, 0.717) is 28.0 Å². The summed E-state index contributed by atoms with van der Waals surface area (Å²) in [5, 5.41) is 3.99. The van der Waals surface area contributed by atoms with Crippen LogP contribution < -0.4 is 10.9 Å². The predicted molar refractivity (Wildman–Crippen MR) is 96.7 cm³/mol. The summed E-state index contributed by atoms with van der Waals surface area (Å²) in [5.41, 5.74) is 2.09. The van der Waals surface area contributed by atoms with E-state index in [0.717, 1.165) is 22.5 Å². The molecule has 23 heavy (non-hydrogen) atoms. The molecule has 3 heterocycles. The van der Waals surface area contributed by atoms with Gasteiger partial charge in [0.2, 0.25) is 5.95 Å². The van der Waals surface area contributed by atoms with E-state index >= 15 is 0 Å². The number of hydrogen-bond acceptors (Lipinski definition) is 5. The molecule has 1 N–H and O–H groups in total. The molecule has 3 rings (SSSR count). The third-order valence-electron chi connectivity index (χ3n) is 3.63. The normalized spacial score (nSPS) is 11.1. The molecule has 0 saturated carbocycles. The minimum Gasteiger partial charge on any atom is -0.354 e. The molecule has 7 heteroatoms. The fourth-order valence-electron chi connectivity index (χ4n) is 2.55. The molecule has 0 unspecified atom stereocenters. The number of fused-ring (bicyclic) bond motifs is 1. The molecule has 0 aliphatic rings. The average molecular weight is 349 g/mol. The molecule has 0 fully saturated rings. The lowest BCUT2D eigenvalue weighted by molar-refractivity contribution is 0.750. The first-order chi connectivity index (χ1) is 11.0. The maximum absolute atomic E-state index is 12.8. The van der Waals surface area contributed by atoms with E-state index in [4.69, 9.17) is 11.6 Å². The van der Waals surface area contributed by atoms with Crippen molar-refractivity contribution in [3.8, 4) is 10.4 Å².